The van der Waals surface area contributed by atoms with Gasteiger partial charge >= 0.3 is 0 Å². The molecule has 1 aromatic rings. The predicted molar refractivity (Wildman–Crippen MR) is 80.6 cm³/mol. The number of nitriles is 2. The number of amidine groups is 1. The Morgan fingerprint density at radius 2 is 2.09 bits per heavy atom. The van der Waals surface area contributed by atoms with E-state index < -0.39 is 10.0 Å². The largest absolute Gasteiger partial charge is 0.276 e. The number of nitrogens with zero attached hydrogens (tertiary/aromatic N) is 4. The van der Waals surface area contributed by atoms with E-state index in [1.165, 1.54) is 18.2 Å². The SMILES string of the molecule is N#CC(C#N)=NNc1cccc(S(=O)(=O)NC2=NCCC2)c1. The Morgan fingerprint density at radius 3 is 2.73 bits per heavy atom. The Labute approximate surface area is 127 Å². The molecule has 1 aromatic carbocycles. The van der Waals surface area contributed by atoms with Crippen LogP contribution in [-0.4, -0.2) is 26.5 Å². The van der Waals surface area contributed by atoms with E-state index in [-0.39, 0.29) is 10.6 Å². The highest BCUT2D eigenvalue weighted by atomic mass is 32.2. The van der Waals surface area contributed by atoms with Crippen LogP contribution in [-0.2, 0) is 10.0 Å². The molecule has 0 spiro atoms. The zero-order valence-corrected chi connectivity index (χ0v) is 12.3. The van der Waals surface area contributed by atoms with Gasteiger partial charge < -0.3 is 0 Å². The fourth-order valence-corrected chi connectivity index (χ4v) is 2.90. The van der Waals surface area contributed by atoms with Crippen LogP contribution >= 0.6 is 0 Å². The van der Waals surface area contributed by atoms with Crippen LogP contribution < -0.4 is 10.1 Å². The van der Waals surface area contributed by atoms with Gasteiger partial charge in [0.05, 0.1) is 10.6 Å². The van der Waals surface area contributed by atoms with Crippen molar-refractivity contribution in [2.24, 2.45) is 10.1 Å². The summed E-state index contributed by atoms with van der Waals surface area (Å²) < 4.78 is 26.9. The van der Waals surface area contributed by atoms with Gasteiger partial charge in [0.25, 0.3) is 10.0 Å². The van der Waals surface area contributed by atoms with Crippen molar-refractivity contribution in [3.8, 4) is 12.1 Å². The average molecular weight is 316 g/mol. The topological polar surface area (TPSA) is 130 Å². The number of hydrogen-bond acceptors (Lipinski definition) is 7. The smallest absolute Gasteiger partial charge is 0.262 e. The molecule has 0 saturated carbocycles. The second-order valence-corrected chi connectivity index (χ2v) is 6.04. The molecule has 0 aromatic heterocycles. The molecule has 9 heteroatoms. The van der Waals surface area contributed by atoms with Gasteiger partial charge in [-0.15, -0.1) is 0 Å². The molecule has 0 aliphatic carbocycles. The summed E-state index contributed by atoms with van der Waals surface area (Å²) >= 11 is 0. The van der Waals surface area contributed by atoms with Crippen molar-refractivity contribution in [1.29, 1.82) is 10.5 Å². The van der Waals surface area contributed by atoms with Gasteiger partial charge in [-0.05, 0) is 24.6 Å². The first-order chi connectivity index (χ1) is 10.5. The van der Waals surface area contributed by atoms with Crippen LogP contribution in [0.2, 0.25) is 0 Å². The molecule has 0 bridgehead atoms. The van der Waals surface area contributed by atoms with Gasteiger partial charge in [-0.25, -0.2) is 8.42 Å². The molecule has 0 saturated heterocycles. The lowest BCUT2D eigenvalue weighted by atomic mass is 10.3. The number of aliphatic imine (C=N–C) groups is 1. The predicted octanol–water partition coefficient (Wildman–Crippen LogP) is 0.972. The second kappa shape index (κ2) is 6.70. The lowest BCUT2D eigenvalue weighted by molar-refractivity contribution is 0.592. The van der Waals surface area contributed by atoms with Crippen molar-refractivity contribution >= 4 is 27.3 Å². The molecule has 22 heavy (non-hydrogen) atoms. The molecular weight excluding hydrogens is 304 g/mol. The third-order valence-corrected chi connectivity index (χ3v) is 4.16. The number of benzene rings is 1. The normalized spacial score (nSPS) is 13.5. The Morgan fingerprint density at radius 1 is 1.32 bits per heavy atom. The van der Waals surface area contributed by atoms with Crippen molar-refractivity contribution in [3.63, 3.8) is 0 Å². The van der Waals surface area contributed by atoms with Crippen molar-refractivity contribution in [3.05, 3.63) is 24.3 Å². The van der Waals surface area contributed by atoms with Crippen molar-refractivity contribution in [2.45, 2.75) is 17.7 Å². The maximum absolute atomic E-state index is 12.2. The first kappa shape index (κ1) is 15.5. The van der Waals surface area contributed by atoms with Crippen LogP contribution in [0.15, 0.2) is 39.3 Å². The maximum Gasteiger partial charge on any atom is 0.262 e. The summed E-state index contributed by atoms with van der Waals surface area (Å²) in [6.45, 7) is 0.624. The molecule has 0 amide bonds. The number of hydrazone groups is 1. The van der Waals surface area contributed by atoms with E-state index >= 15 is 0 Å². The van der Waals surface area contributed by atoms with Crippen molar-refractivity contribution in [2.75, 3.05) is 12.0 Å². The highest BCUT2D eigenvalue weighted by molar-refractivity contribution is 7.90. The van der Waals surface area contributed by atoms with E-state index in [4.69, 9.17) is 10.5 Å². The van der Waals surface area contributed by atoms with E-state index in [0.29, 0.717) is 24.5 Å². The molecule has 112 valence electrons. The second-order valence-electron chi connectivity index (χ2n) is 4.36. The Balaban J connectivity index is 2.19. The van der Waals surface area contributed by atoms with Crippen LogP contribution in [0.5, 0.6) is 0 Å². The van der Waals surface area contributed by atoms with Gasteiger partial charge in [0.15, 0.2) is 0 Å². The number of hydrogen-bond donors (Lipinski definition) is 2. The summed E-state index contributed by atoms with van der Waals surface area (Å²) in [6.07, 6.45) is 1.44. The zero-order valence-electron chi connectivity index (χ0n) is 11.4. The number of nitrogens with one attached hydrogen (secondary N) is 2. The molecule has 0 fully saturated rings. The van der Waals surface area contributed by atoms with E-state index in [1.54, 1.807) is 18.2 Å². The quantitative estimate of drug-likeness (QED) is 0.631. The van der Waals surface area contributed by atoms with Gasteiger partial charge in [-0.2, -0.15) is 15.6 Å². The Hall–Kier alpha value is -2.91. The van der Waals surface area contributed by atoms with Gasteiger partial charge in [0, 0.05) is 13.0 Å². The molecule has 1 heterocycles. The number of anilines is 1. The van der Waals surface area contributed by atoms with E-state index in [1.807, 2.05) is 0 Å². The molecule has 8 nitrogen and oxygen atoms in total. The first-order valence-electron chi connectivity index (χ1n) is 6.35. The fourth-order valence-electron chi connectivity index (χ4n) is 1.77. The lowest BCUT2D eigenvalue weighted by Gasteiger charge is -2.08. The van der Waals surface area contributed by atoms with Crippen molar-refractivity contribution in [1.82, 2.24) is 4.72 Å². The van der Waals surface area contributed by atoms with E-state index in [9.17, 15) is 8.42 Å². The van der Waals surface area contributed by atoms with E-state index in [2.05, 4.69) is 20.2 Å². The van der Waals surface area contributed by atoms with E-state index in [0.717, 1.165) is 6.42 Å². The summed E-state index contributed by atoms with van der Waals surface area (Å²) in [5.74, 6) is 0.452. The Bertz CT molecular complexity index is 798. The monoisotopic (exact) mass is 316 g/mol. The van der Waals surface area contributed by atoms with Crippen LogP contribution in [0.4, 0.5) is 5.69 Å². The number of rotatable bonds is 4. The molecule has 0 atom stereocenters. The van der Waals surface area contributed by atoms with Crippen LogP contribution in [0.25, 0.3) is 0 Å². The van der Waals surface area contributed by atoms with Gasteiger partial charge in [-0.1, -0.05) is 6.07 Å². The summed E-state index contributed by atoms with van der Waals surface area (Å²) in [5, 5.41) is 20.7. The standard InChI is InChI=1S/C13H12N6O2S/c14-8-11(9-15)18-17-10-3-1-4-12(7-10)22(20,21)19-13-5-2-6-16-13/h1,3-4,7,17H,2,5-6H2,(H,16,19). The van der Waals surface area contributed by atoms with Gasteiger partial charge in [-0.3, -0.25) is 15.1 Å². The van der Waals surface area contributed by atoms with Gasteiger partial charge in [0.1, 0.15) is 18.0 Å². The third-order valence-electron chi connectivity index (χ3n) is 2.78. The highest BCUT2D eigenvalue weighted by Gasteiger charge is 2.18. The fraction of sp³-hybridized carbons (Fsp3) is 0.231. The zero-order chi connectivity index (χ0) is 16.0. The van der Waals surface area contributed by atoms with Gasteiger partial charge in [0.2, 0.25) is 5.71 Å². The molecule has 1 aliphatic heterocycles. The third kappa shape index (κ3) is 3.81. The summed E-state index contributed by atoms with van der Waals surface area (Å²) in [7, 11) is -3.72. The summed E-state index contributed by atoms with van der Waals surface area (Å²) in [6, 6.07) is 9.08. The summed E-state index contributed by atoms with van der Waals surface area (Å²) in [4.78, 5) is 4.11. The molecule has 2 rings (SSSR count). The highest BCUT2D eigenvalue weighted by Crippen LogP contribution is 2.16. The summed E-state index contributed by atoms with van der Waals surface area (Å²) in [5.41, 5.74) is 2.46. The maximum atomic E-state index is 12.2. The van der Waals surface area contributed by atoms with Crippen LogP contribution in [0.3, 0.4) is 0 Å². The molecule has 2 N–H and O–H groups in total. The molecular formula is C13H12N6O2S. The van der Waals surface area contributed by atoms with Crippen LogP contribution in [0.1, 0.15) is 12.8 Å². The van der Waals surface area contributed by atoms with Crippen molar-refractivity contribution < 1.29 is 8.42 Å². The first-order valence-corrected chi connectivity index (χ1v) is 7.83. The number of sulfonamides is 1. The molecule has 0 unspecified atom stereocenters. The van der Waals surface area contributed by atoms with Crippen LogP contribution in [0, 0.1) is 22.7 Å². The Kier molecular flexibility index (Phi) is 4.71. The molecule has 0 radical (unpaired) electrons. The molecule has 1 aliphatic rings. The average Bonchev–Trinajstić information content (AvgIpc) is 3.01. The lowest BCUT2D eigenvalue weighted by Crippen LogP contribution is -2.29. The minimum Gasteiger partial charge on any atom is -0.276 e. The minimum atomic E-state index is -3.72. The minimum absolute atomic E-state index is 0.0396.